The summed E-state index contributed by atoms with van der Waals surface area (Å²) in [4.78, 5) is 12.4. The first-order valence-corrected chi connectivity index (χ1v) is 9.48. The molecule has 2 aromatic carbocycles. The molecule has 0 aliphatic heterocycles. The SMILES string of the molecule is O=C(Nc1nnc(-c2ccccc2)s1)C(c1ccccc1)S(=O)(=O)O. The molecule has 2 N–H and O–H groups in total. The van der Waals surface area contributed by atoms with Crippen molar-refractivity contribution < 1.29 is 17.8 Å². The minimum absolute atomic E-state index is 0.147. The summed E-state index contributed by atoms with van der Waals surface area (Å²) in [7, 11) is -4.64. The van der Waals surface area contributed by atoms with Crippen LogP contribution in [0.15, 0.2) is 60.7 Å². The number of hydrogen-bond donors (Lipinski definition) is 2. The van der Waals surface area contributed by atoms with Gasteiger partial charge in [-0.25, -0.2) is 0 Å². The van der Waals surface area contributed by atoms with Crippen LogP contribution in [0.25, 0.3) is 10.6 Å². The average molecular weight is 375 g/mol. The highest BCUT2D eigenvalue weighted by Crippen LogP contribution is 2.28. The molecule has 9 heteroatoms. The summed E-state index contributed by atoms with van der Waals surface area (Å²) in [5.74, 6) is -0.899. The Hall–Kier alpha value is -2.62. The zero-order valence-electron chi connectivity index (χ0n) is 12.7. The van der Waals surface area contributed by atoms with Crippen molar-refractivity contribution in [2.24, 2.45) is 0 Å². The van der Waals surface area contributed by atoms with Crippen LogP contribution in [0.4, 0.5) is 5.13 Å². The van der Waals surface area contributed by atoms with E-state index in [1.165, 1.54) is 12.1 Å². The molecule has 0 bridgehead atoms. The number of anilines is 1. The van der Waals surface area contributed by atoms with E-state index in [-0.39, 0.29) is 10.7 Å². The second kappa shape index (κ2) is 7.09. The Bertz CT molecular complexity index is 973. The largest absolute Gasteiger partial charge is 0.299 e. The third-order valence-corrected chi connectivity index (χ3v) is 5.28. The smallest absolute Gasteiger partial charge is 0.281 e. The normalized spacial score (nSPS) is 12.5. The molecule has 0 radical (unpaired) electrons. The van der Waals surface area contributed by atoms with E-state index in [4.69, 9.17) is 0 Å². The van der Waals surface area contributed by atoms with E-state index in [9.17, 15) is 17.8 Å². The fraction of sp³-hybridized carbons (Fsp3) is 0.0625. The summed E-state index contributed by atoms with van der Waals surface area (Å²) >= 11 is 1.11. The Morgan fingerprint density at radius 2 is 1.60 bits per heavy atom. The second-order valence-electron chi connectivity index (χ2n) is 5.07. The number of carbonyl (C=O) groups is 1. The van der Waals surface area contributed by atoms with E-state index in [1.54, 1.807) is 18.2 Å². The summed E-state index contributed by atoms with van der Waals surface area (Å²) < 4.78 is 32.7. The maximum absolute atomic E-state index is 12.4. The van der Waals surface area contributed by atoms with Gasteiger partial charge in [-0.15, -0.1) is 10.2 Å². The highest BCUT2D eigenvalue weighted by Gasteiger charge is 2.33. The molecule has 7 nitrogen and oxygen atoms in total. The Kier molecular flexibility index (Phi) is 4.88. The summed E-state index contributed by atoms with van der Waals surface area (Å²) in [5.41, 5.74) is 0.991. The summed E-state index contributed by atoms with van der Waals surface area (Å²) in [6, 6.07) is 17.0. The van der Waals surface area contributed by atoms with Gasteiger partial charge in [0, 0.05) is 5.56 Å². The van der Waals surface area contributed by atoms with Gasteiger partial charge < -0.3 is 0 Å². The molecule has 0 aliphatic rings. The van der Waals surface area contributed by atoms with Crippen molar-refractivity contribution in [2.75, 3.05) is 5.32 Å². The van der Waals surface area contributed by atoms with Crippen LogP contribution in [0.2, 0.25) is 0 Å². The van der Waals surface area contributed by atoms with Crippen LogP contribution in [0.1, 0.15) is 10.8 Å². The number of hydrogen-bond acceptors (Lipinski definition) is 6. The van der Waals surface area contributed by atoms with E-state index < -0.39 is 21.3 Å². The lowest BCUT2D eigenvalue weighted by molar-refractivity contribution is -0.116. The zero-order valence-corrected chi connectivity index (χ0v) is 14.4. The molecule has 1 unspecified atom stereocenters. The number of carbonyl (C=O) groups excluding carboxylic acids is 1. The van der Waals surface area contributed by atoms with Crippen molar-refractivity contribution in [3.8, 4) is 10.6 Å². The van der Waals surface area contributed by atoms with Gasteiger partial charge in [-0.05, 0) is 5.56 Å². The van der Waals surface area contributed by atoms with Crippen LogP contribution in [-0.2, 0) is 14.9 Å². The van der Waals surface area contributed by atoms with Crippen LogP contribution in [0.3, 0.4) is 0 Å². The van der Waals surface area contributed by atoms with Gasteiger partial charge in [0.2, 0.25) is 5.13 Å². The van der Waals surface area contributed by atoms with Gasteiger partial charge in [0.05, 0.1) is 0 Å². The monoisotopic (exact) mass is 375 g/mol. The lowest BCUT2D eigenvalue weighted by Gasteiger charge is -2.12. The van der Waals surface area contributed by atoms with Crippen LogP contribution in [-0.4, -0.2) is 29.1 Å². The fourth-order valence-electron chi connectivity index (χ4n) is 2.23. The van der Waals surface area contributed by atoms with Gasteiger partial charge in [-0.3, -0.25) is 14.7 Å². The highest BCUT2D eigenvalue weighted by molar-refractivity contribution is 7.86. The number of nitrogens with one attached hydrogen (secondary N) is 1. The van der Waals surface area contributed by atoms with Crippen LogP contribution >= 0.6 is 11.3 Å². The molecule has 1 amide bonds. The van der Waals surface area contributed by atoms with E-state index in [1.807, 2.05) is 30.3 Å². The molecule has 0 fully saturated rings. The third-order valence-electron chi connectivity index (χ3n) is 3.31. The molecule has 1 atom stereocenters. The Morgan fingerprint density at radius 1 is 1.00 bits per heavy atom. The molecule has 1 heterocycles. The zero-order chi connectivity index (χ0) is 17.9. The van der Waals surface area contributed by atoms with Crippen LogP contribution in [0, 0.1) is 0 Å². The summed E-state index contributed by atoms with van der Waals surface area (Å²) in [6.45, 7) is 0. The Morgan fingerprint density at radius 3 is 2.20 bits per heavy atom. The van der Waals surface area contributed by atoms with Gasteiger partial charge in [0.1, 0.15) is 5.01 Å². The predicted molar refractivity (Wildman–Crippen MR) is 94.7 cm³/mol. The first-order valence-electron chi connectivity index (χ1n) is 7.16. The van der Waals surface area contributed by atoms with Gasteiger partial charge in [-0.1, -0.05) is 72.0 Å². The average Bonchev–Trinajstić information content (AvgIpc) is 3.04. The predicted octanol–water partition coefficient (Wildman–Crippen LogP) is 2.77. The number of benzene rings is 2. The topological polar surface area (TPSA) is 109 Å². The van der Waals surface area contributed by atoms with Crippen molar-refractivity contribution in [2.45, 2.75) is 5.25 Å². The molecule has 3 rings (SSSR count). The lowest BCUT2D eigenvalue weighted by atomic mass is 10.1. The van der Waals surface area contributed by atoms with Crippen molar-refractivity contribution in [3.63, 3.8) is 0 Å². The molecule has 25 heavy (non-hydrogen) atoms. The summed E-state index contributed by atoms with van der Waals surface area (Å²) in [6.07, 6.45) is 0. The molecule has 0 saturated heterocycles. The summed E-state index contributed by atoms with van der Waals surface area (Å²) in [5, 5.41) is 9.22. The van der Waals surface area contributed by atoms with E-state index >= 15 is 0 Å². The molecule has 0 aliphatic carbocycles. The van der Waals surface area contributed by atoms with Crippen molar-refractivity contribution in [1.82, 2.24) is 10.2 Å². The standard InChI is InChI=1S/C16H13N3O4S2/c20-14(13(25(21,22)23)11-7-3-1-4-8-11)17-16-19-18-15(24-16)12-9-5-2-6-10-12/h1-10,13H,(H,17,19,20)(H,21,22,23). The number of aromatic nitrogens is 2. The molecular weight excluding hydrogens is 362 g/mol. The van der Waals surface area contributed by atoms with Gasteiger partial charge in [0.15, 0.2) is 5.25 Å². The van der Waals surface area contributed by atoms with Gasteiger partial charge in [-0.2, -0.15) is 8.42 Å². The lowest BCUT2D eigenvalue weighted by Crippen LogP contribution is -2.27. The molecule has 128 valence electrons. The first-order chi connectivity index (χ1) is 11.9. The Balaban J connectivity index is 1.84. The molecule has 0 saturated carbocycles. The van der Waals surface area contributed by atoms with Crippen LogP contribution < -0.4 is 5.32 Å². The molecule has 0 spiro atoms. The number of amides is 1. The first kappa shape index (κ1) is 17.2. The fourth-order valence-corrected chi connectivity index (χ4v) is 3.81. The van der Waals surface area contributed by atoms with Crippen molar-refractivity contribution in [1.29, 1.82) is 0 Å². The maximum Gasteiger partial charge on any atom is 0.281 e. The van der Waals surface area contributed by atoms with Crippen molar-refractivity contribution in [3.05, 3.63) is 66.2 Å². The van der Waals surface area contributed by atoms with Crippen LogP contribution in [0.5, 0.6) is 0 Å². The number of nitrogens with zero attached hydrogens (tertiary/aromatic N) is 2. The molecule has 1 aromatic heterocycles. The van der Waals surface area contributed by atoms with Gasteiger partial charge in [0.25, 0.3) is 16.0 Å². The number of rotatable bonds is 5. The third kappa shape index (κ3) is 4.08. The van der Waals surface area contributed by atoms with E-state index in [0.29, 0.717) is 5.01 Å². The molecular formula is C16H13N3O4S2. The minimum Gasteiger partial charge on any atom is -0.299 e. The second-order valence-corrected chi connectivity index (χ2v) is 7.55. The highest BCUT2D eigenvalue weighted by atomic mass is 32.2. The van der Waals surface area contributed by atoms with E-state index in [2.05, 4.69) is 15.5 Å². The Labute approximate surface area is 148 Å². The maximum atomic E-state index is 12.4. The molecule has 3 aromatic rings. The minimum atomic E-state index is -4.64. The quantitative estimate of drug-likeness (QED) is 0.664. The van der Waals surface area contributed by atoms with Crippen molar-refractivity contribution >= 4 is 32.5 Å². The van der Waals surface area contributed by atoms with Gasteiger partial charge >= 0.3 is 0 Å². The van der Waals surface area contributed by atoms with E-state index in [0.717, 1.165) is 16.9 Å².